The molecule has 0 saturated carbocycles. The number of rotatable bonds is 15. The van der Waals surface area contributed by atoms with Crippen LogP contribution in [0.3, 0.4) is 0 Å². The van der Waals surface area contributed by atoms with Gasteiger partial charge < -0.3 is 0 Å². The average Bonchev–Trinajstić information content (AvgIpc) is 2.55. The fourth-order valence-electron chi connectivity index (χ4n) is 2.05. The van der Waals surface area contributed by atoms with Crippen molar-refractivity contribution in [3.05, 3.63) is 0 Å². The van der Waals surface area contributed by atoms with E-state index in [4.69, 9.17) is 9.22 Å². The second kappa shape index (κ2) is 16.7. The Kier molecular flexibility index (Phi) is 16.1. The molecule has 6 nitrogen and oxygen atoms in total. The van der Waals surface area contributed by atoms with Gasteiger partial charge in [-0.15, -0.1) is 0 Å². The van der Waals surface area contributed by atoms with Crippen molar-refractivity contribution in [2.75, 3.05) is 0 Å². The van der Waals surface area contributed by atoms with E-state index in [2.05, 4.69) is 0 Å². The van der Waals surface area contributed by atoms with Crippen molar-refractivity contribution >= 4 is 38.9 Å². The summed E-state index contributed by atoms with van der Waals surface area (Å²) in [6, 6.07) is 0. The molecule has 0 unspecified atom stereocenters. The van der Waals surface area contributed by atoms with Gasteiger partial charge in [-0.05, 0) is 0 Å². The number of hydrogen-bond donors (Lipinski definition) is 0. The van der Waals surface area contributed by atoms with Crippen LogP contribution in [-0.4, -0.2) is 38.9 Å². The molecule has 0 spiro atoms. The summed E-state index contributed by atoms with van der Waals surface area (Å²) in [7, 11) is 0. The molecular weight excluding hydrogens is 431 g/mol. The van der Waals surface area contributed by atoms with Gasteiger partial charge in [-0.25, -0.2) is 0 Å². The van der Waals surface area contributed by atoms with Gasteiger partial charge in [-0.3, -0.25) is 0 Å². The molecule has 0 saturated heterocycles. The summed E-state index contributed by atoms with van der Waals surface area (Å²) in [5.74, 6) is -1.32. The van der Waals surface area contributed by atoms with Crippen LogP contribution < -0.4 is 0 Å². The SMILES string of the molecule is CCCCCC(=O)[O][Sn]([O]C(=O)CCCCC)[O]C(=O)CCCCC. The number of carbonyl (C=O) groups excluding carboxylic acids is 3. The molecule has 0 aromatic heterocycles. The molecule has 0 bridgehead atoms. The fraction of sp³-hybridized carbons (Fsp3) is 0.833. The molecule has 0 amide bonds. The van der Waals surface area contributed by atoms with Crippen molar-refractivity contribution in [3.63, 3.8) is 0 Å². The maximum atomic E-state index is 11.9. The summed E-state index contributed by atoms with van der Waals surface area (Å²) in [4.78, 5) is 35.6. The summed E-state index contributed by atoms with van der Waals surface area (Å²) in [5.41, 5.74) is 0. The Hall–Kier alpha value is -0.791. The predicted molar refractivity (Wildman–Crippen MR) is 96.5 cm³/mol. The minimum atomic E-state index is -3.75. The van der Waals surface area contributed by atoms with Gasteiger partial charge in [0, 0.05) is 0 Å². The van der Waals surface area contributed by atoms with E-state index in [-0.39, 0.29) is 19.3 Å². The van der Waals surface area contributed by atoms with E-state index in [9.17, 15) is 14.4 Å². The van der Waals surface area contributed by atoms with Crippen LogP contribution in [-0.2, 0) is 23.6 Å². The second-order valence-electron chi connectivity index (χ2n) is 6.04. The van der Waals surface area contributed by atoms with Crippen molar-refractivity contribution in [1.82, 2.24) is 0 Å². The van der Waals surface area contributed by atoms with Gasteiger partial charge in [-0.2, -0.15) is 0 Å². The Bertz CT molecular complexity index is 329. The molecule has 0 N–H and O–H groups in total. The van der Waals surface area contributed by atoms with E-state index in [0.717, 1.165) is 57.8 Å². The van der Waals surface area contributed by atoms with E-state index in [1.165, 1.54) is 0 Å². The zero-order chi connectivity index (χ0) is 18.9. The van der Waals surface area contributed by atoms with Crippen molar-refractivity contribution in [2.45, 2.75) is 97.8 Å². The molecule has 25 heavy (non-hydrogen) atoms. The zero-order valence-corrected chi connectivity index (χ0v) is 18.8. The molecule has 0 aliphatic heterocycles. The Balaban J connectivity index is 4.44. The van der Waals surface area contributed by atoms with Crippen LogP contribution in [0.4, 0.5) is 0 Å². The third kappa shape index (κ3) is 15.2. The van der Waals surface area contributed by atoms with Crippen LogP contribution in [0, 0.1) is 0 Å². The van der Waals surface area contributed by atoms with Crippen molar-refractivity contribution in [1.29, 1.82) is 0 Å². The van der Waals surface area contributed by atoms with E-state index < -0.39 is 38.9 Å². The monoisotopic (exact) mass is 465 g/mol. The van der Waals surface area contributed by atoms with E-state index in [0.29, 0.717) is 0 Å². The first-order chi connectivity index (χ1) is 12.0. The Morgan fingerprint density at radius 2 is 0.840 bits per heavy atom. The number of carbonyl (C=O) groups is 3. The fourth-order valence-corrected chi connectivity index (χ4v) is 4.87. The van der Waals surface area contributed by atoms with Crippen LogP contribution in [0.2, 0.25) is 0 Å². The summed E-state index contributed by atoms with van der Waals surface area (Å²) >= 11 is -3.75. The van der Waals surface area contributed by atoms with Gasteiger partial charge in [0.05, 0.1) is 0 Å². The molecule has 145 valence electrons. The van der Waals surface area contributed by atoms with Crippen molar-refractivity contribution in [2.24, 2.45) is 0 Å². The van der Waals surface area contributed by atoms with E-state index >= 15 is 0 Å². The van der Waals surface area contributed by atoms with Crippen LogP contribution in [0.25, 0.3) is 0 Å². The Morgan fingerprint density at radius 1 is 0.560 bits per heavy atom. The van der Waals surface area contributed by atoms with Crippen molar-refractivity contribution < 1.29 is 23.6 Å². The Labute approximate surface area is 160 Å². The summed E-state index contributed by atoms with van der Waals surface area (Å²) in [6.45, 7) is 6.13. The molecule has 0 fully saturated rings. The quantitative estimate of drug-likeness (QED) is 0.265. The van der Waals surface area contributed by atoms with Gasteiger partial charge >= 0.3 is 160 Å². The summed E-state index contributed by atoms with van der Waals surface area (Å²) in [5, 5.41) is 0. The molecule has 0 aliphatic carbocycles. The first-order valence-corrected chi connectivity index (χ1v) is 13.0. The van der Waals surface area contributed by atoms with Crippen LogP contribution in [0.1, 0.15) is 97.8 Å². The van der Waals surface area contributed by atoms with Crippen LogP contribution in [0.5, 0.6) is 0 Å². The van der Waals surface area contributed by atoms with Gasteiger partial charge in [0.2, 0.25) is 0 Å². The van der Waals surface area contributed by atoms with Crippen molar-refractivity contribution in [3.8, 4) is 0 Å². The maximum absolute atomic E-state index is 11.9. The number of unbranched alkanes of at least 4 members (excludes halogenated alkanes) is 6. The molecule has 0 atom stereocenters. The van der Waals surface area contributed by atoms with Gasteiger partial charge in [-0.1, -0.05) is 0 Å². The second-order valence-corrected chi connectivity index (χ2v) is 9.22. The molecule has 0 rings (SSSR count). The average molecular weight is 464 g/mol. The molecule has 7 heteroatoms. The third-order valence-corrected chi connectivity index (χ3v) is 6.92. The normalized spacial score (nSPS) is 10.6. The standard InChI is InChI=1S/3C6H12O2.Sn/c3*1-2-3-4-5-6(7)8;/h3*2-5H2,1H3,(H,7,8);/q;;;+3/p-3. The molecule has 0 aromatic carbocycles. The topological polar surface area (TPSA) is 78.9 Å². The first kappa shape index (κ1) is 24.2. The first-order valence-electron chi connectivity index (χ1n) is 9.52. The Morgan fingerprint density at radius 3 is 1.08 bits per heavy atom. The van der Waals surface area contributed by atoms with Gasteiger partial charge in [0.15, 0.2) is 0 Å². The molecule has 1 radical (unpaired) electrons. The minimum absolute atomic E-state index is 0.263. The van der Waals surface area contributed by atoms with E-state index in [1.54, 1.807) is 0 Å². The van der Waals surface area contributed by atoms with E-state index in [1.807, 2.05) is 20.8 Å². The molecule has 0 aromatic rings. The molecule has 0 heterocycles. The number of hydrogen-bond acceptors (Lipinski definition) is 6. The van der Waals surface area contributed by atoms with Gasteiger partial charge in [0.25, 0.3) is 0 Å². The van der Waals surface area contributed by atoms with Crippen LogP contribution in [0.15, 0.2) is 0 Å². The van der Waals surface area contributed by atoms with Gasteiger partial charge in [0.1, 0.15) is 0 Å². The summed E-state index contributed by atoms with van der Waals surface area (Å²) < 4.78 is 15.7. The third-order valence-electron chi connectivity index (χ3n) is 3.54. The summed E-state index contributed by atoms with van der Waals surface area (Å²) in [6.07, 6.45) is 8.75. The molecule has 0 aliphatic rings. The van der Waals surface area contributed by atoms with Crippen LogP contribution >= 0.6 is 0 Å². The predicted octanol–water partition coefficient (Wildman–Crippen LogP) is 4.34. The molecular formula is C18H33O6Sn. The zero-order valence-electron chi connectivity index (χ0n) is 15.9.